The third kappa shape index (κ3) is 5.24. The van der Waals surface area contributed by atoms with Crippen LogP contribution in [-0.4, -0.2) is 36.1 Å². The molecule has 2 heterocycles. The summed E-state index contributed by atoms with van der Waals surface area (Å²) in [6.07, 6.45) is -1.99. The Morgan fingerprint density at radius 1 is 1.06 bits per heavy atom. The number of methoxy groups -OCH3 is 1. The Bertz CT molecular complexity index is 1110. The van der Waals surface area contributed by atoms with Gasteiger partial charge in [0, 0.05) is 30.6 Å². The lowest BCUT2D eigenvalue weighted by Crippen LogP contribution is -2.38. The van der Waals surface area contributed by atoms with E-state index >= 15 is 0 Å². The van der Waals surface area contributed by atoms with Gasteiger partial charge in [-0.1, -0.05) is 12.1 Å². The van der Waals surface area contributed by atoms with Crippen LogP contribution in [-0.2, 0) is 11.0 Å². The van der Waals surface area contributed by atoms with Crippen molar-refractivity contribution in [3.8, 4) is 17.0 Å². The number of alkyl halides is 3. The molecule has 1 amide bonds. The topological polar surface area (TPSA) is 67.3 Å². The molecule has 1 aliphatic heterocycles. The molecular formula is C24H23F3N4O2. The minimum atomic E-state index is -4.53. The van der Waals surface area contributed by atoms with E-state index in [-0.39, 0.29) is 11.6 Å². The van der Waals surface area contributed by atoms with Gasteiger partial charge in [0.1, 0.15) is 17.9 Å². The summed E-state index contributed by atoms with van der Waals surface area (Å²) in [5.74, 6) is 0.738. The van der Waals surface area contributed by atoms with Gasteiger partial charge in [0.05, 0.1) is 24.1 Å². The van der Waals surface area contributed by atoms with E-state index in [1.54, 1.807) is 7.11 Å². The molecule has 1 saturated heterocycles. The fraction of sp³-hybridized carbons (Fsp3) is 0.292. The zero-order chi connectivity index (χ0) is 23.4. The number of benzene rings is 2. The molecule has 1 aromatic heterocycles. The van der Waals surface area contributed by atoms with Gasteiger partial charge in [-0.25, -0.2) is 9.97 Å². The average molecular weight is 456 g/mol. The zero-order valence-corrected chi connectivity index (χ0v) is 18.0. The van der Waals surface area contributed by atoms with E-state index < -0.39 is 17.6 Å². The predicted octanol–water partition coefficient (Wildman–Crippen LogP) is 5.03. The number of hydrogen-bond acceptors (Lipinski definition) is 5. The van der Waals surface area contributed by atoms with Crippen LogP contribution in [0, 0.1) is 5.92 Å². The lowest BCUT2D eigenvalue weighted by Gasteiger charge is -2.32. The molecule has 0 spiro atoms. The maximum atomic E-state index is 13.2. The Morgan fingerprint density at radius 3 is 2.42 bits per heavy atom. The highest BCUT2D eigenvalue weighted by molar-refractivity contribution is 5.93. The van der Waals surface area contributed by atoms with E-state index in [1.807, 2.05) is 30.3 Å². The van der Waals surface area contributed by atoms with Crippen LogP contribution in [0.5, 0.6) is 5.75 Å². The van der Waals surface area contributed by atoms with E-state index in [9.17, 15) is 18.0 Å². The van der Waals surface area contributed by atoms with Crippen molar-refractivity contribution in [2.45, 2.75) is 19.0 Å². The molecule has 9 heteroatoms. The number of para-hydroxylation sites is 1. The molecule has 3 aromatic rings. The van der Waals surface area contributed by atoms with Crippen molar-refractivity contribution in [2.24, 2.45) is 5.92 Å². The minimum absolute atomic E-state index is 0.211. The third-order valence-corrected chi connectivity index (χ3v) is 5.72. The van der Waals surface area contributed by atoms with Crippen LogP contribution < -0.4 is 15.0 Å². The van der Waals surface area contributed by atoms with Crippen LogP contribution in [0.3, 0.4) is 0 Å². The normalized spacial score (nSPS) is 14.7. The van der Waals surface area contributed by atoms with Gasteiger partial charge in [-0.15, -0.1) is 0 Å². The smallest absolute Gasteiger partial charge is 0.418 e. The second kappa shape index (κ2) is 9.48. The van der Waals surface area contributed by atoms with Gasteiger partial charge in [0.25, 0.3) is 0 Å². The fourth-order valence-corrected chi connectivity index (χ4v) is 3.88. The number of rotatable bonds is 5. The number of anilines is 2. The molecule has 33 heavy (non-hydrogen) atoms. The number of piperidine rings is 1. The van der Waals surface area contributed by atoms with Crippen LogP contribution in [0.25, 0.3) is 11.3 Å². The Kier molecular flexibility index (Phi) is 6.48. The van der Waals surface area contributed by atoms with Crippen molar-refractivity contribution in [3.05, 3.63) is 66.5 Å². The molecule has 0 atom stereocenters. The SMILES string of the molecule is COc1ccc(-c2cc(N3CCC(C(=O)Nc4ccccc4C(F)(F)F)CC3)ncn2)cc1. The molecule has 0 saturated carbocycles. The number of aromatic nitrogens is 2. The molecule has 0 unspecified atom stereocenters. The summed E-state index contributed by atoms with van der Waals surface area (Å²) in [7, 11) is 1.61. The number of carbonyl (C=O) groups is 1. The van der Waals surface area contributed by atoms with Crippen LogP contribution in [0.2, 0.25) is 0 Å². The number of ether oxygens (including phenoxy) is 1. The molecular weight excluding hydrogens is 433 g/mol. The van der Waals surface area contributed by atoms with E-state index in [0.29, 0.717) is 25.9 Å². The zero-order valence-electron chi connectivity index (χ0n) is 18.0. The van der Waals surface area contributed by atoms with Crippen molar-refractivity contribution in [1.29, 1.82) is 0 Å². The van der Waals surface area contributed by atoms with E-state index in [0.717, 1.165) is 28.9 Å². The van der Waals surface area contributed by atoms with E-state index in [2.05, 4.69) is 20.2 Å². The van der Waals surface area contributed by atoms with Gasteiger partial charge < -0.3 is 15.0 Å². The first-order chi connectivity index (χ1) is 15.8. The molecule has 6 nitrogen and oxygen atoms in total. The lowest BCUT2D eigenvalue weighted by atomic mass is 9.95. The van der Waals surface area contributed by atoms with Crippen LogP contribution in [0.4, 0.5) is 24.7 Å². The molecule has 1 fully saturated rings. The number of hydrogen-bond donors (Lipinski definition) is 1. The quantitative estimate of drug-likeness (QED) is 0.584. The van der Waals surface area contributed by atoms with Gasteiger partial charge in [-0.2, -0.15) is 13.2 Å². The Morgan fingerprint density at radius 2 is 1.76 bits per heavy atom. The molecule has 2 aromatic carbocycles. The predicted molar refractivity (Wildman–Crippen MR) is 119 cm³/mol. The van der Waals surface area contributed by atoms with E-state index in [1.165, 1.54) is 24.5 Å². The van der Waals surface area contributed by atoms with Gasteiger partial charge in [0.2, 0.25) is 5.91 Å². The van der Waals surface area contributed by atoms with Crippen LogP contribution in [0.15, 0.2) is 60.9 Å². The Labute approximate surface area is 189 Å². The van der Waals surface area contributed by atoms with Crippen LogP contribution in [0.1, 0.15) is 18.4 Å². The minimum Gasteiger partial charge on any atom is -0.497 e. The molecule has 172 valence electrons. The van der Waals surface area contributed by atoms with Crippen molar-refractivity contribution >= 4 is 17.4 Å². The average Bonchev–Trinajstić information content (AvgIpc) is 2.84. The maximum absolute atomic E-state index is 13.2. The first kappa shape index (κ1) is 22.6. The summed E-state index contributed by atoms with van der Waals surface area (Å²) < 4.78 is 44.8. The van der Waals surface area contributed by atoms with Crippen molar-refractivity contribution in [1.82, 2.24) is 9.97 Å². The summed E-state index contributed by atoms with van der Waals surface area (Å²) >= 11 is 0. The third-order valence-electron chi connectivity index (χ3n) is 5.72. The fourth-order valence-electron chi connectivity index (χ4n) is 3.88. The van der Waals surface area contributed by atoms with Gasteiger partial charge in [-0.05, 0) is 49.2 Å². The first-order valence-corrected chi connectivity index (χ1v) is 10.5. The molecule has 0 bridgehead atoms. The summed E-state index contributed by atoms with van der Waals surface area (Å²) in [5, 5.41) is 2.47. The summed E-state index contributed by atoms with van der Waals surface area (Å²) in [5.41, 5.74) is 0.642. The standard InChI is InChI=1S/C24H23F3N4O2/c1-33-18-8-6-16(7-9-18)21-14-22(29-15-28-21)31-12-10-17(11-13-31)23(32)30-20-5-3-2-4-19(20)24(25,26)27/h2-9,14-15,17H,10-13H2,1H3,(H,30,32). The number of nitrogens with one attached hydrogen (secondary N) is 1. The van der Waals surface area contributed by atoms with Crippen molar-refractivity contribution in [2.75, 3.05) is 30.4 Å². The highest BCUT2D eigenvalue weighted by atomic mass is 19.4. The molecule has 1 N–H and O–H groups in total. The van der Waals surface area contributed by atoms with Gasteiger partial charge in [-0.3, -0.25) is 4.79 Å². The number of halogens is 3. The highest BCUT2D eigenvalue weighted by Gasteiger charge is 2.34. The largest absolute Gasteiger partial charge is 0.497 e. The van der Waals surface area contributed by atoms with Gasteiger partial charge >= 0.3 is 6.18 Å². The Balaban J connectivity index is 1.40. The number of amides is 1. The van der Waals surface area contributed by atoms with Crippen molar-refractivity contribution < 1.29 is 22.7 Å². The number of nitrogens with zero attached hydrogens (tertiary/aromatic N) is 3. The second-order valence-electron chi connectivity index (χ2n) is 7.78. The summed E-state index contributed by atoms with van der Waals surface area (Å²) in [6.45, 7) is 1.14. The Hall–Kier alpha value is -3.62. The van der Waals surface area contributed by atoms with Crippen molar-refractivity contribution in [3.63, 3.8) is 0 Å². The van der Waals surface area contributed by atoms with Crippen LogP contribution >= 0.6 is 0 Å². The molecule has 1 aliphatic rings. The molecule has 4 rings (SSSR count). The first-order valence-electron chi connectivity index (χ1n) is 10.5. The number of carbonyl (C=O) groups excluding carboxylic acids is 1. The summed E-state index contributed by atoms with van der Waals surface area (Å²) in [6, 6.07) is 14.5. The molecule has 0 aliphatic carbocycles. The van der Waals surface area contributed by atoms with E-state index in [4.69, 9.17) is 4.74 Å². The molecule has 0 radical (unpaired) electrons. The maximum Gasteiger partial charge on any atom is 0.418 e. The lowest BCUT2D eigenvalue weighted by molar-refractivity contribution is -0.137. The van der Waals surface area contributed by atoms with Gasteiger partial charge in [0.15, 0.2) is 0 Å². The highest BCUT2D eigenvalue weighted by Crippen LogP contribution is 2.35. The summed E-state index contributed by atoms with van der Waals surface area (Å²) in [4.78, 5) is 23.4. The monoisotopic (exact) mass is 456 g/mol. The second-order valence-corrected chi connectivity index (χ2v) is 7.78.